The Balaban J connectivity index is 2.05. The third-order valence-corrected chi connectivity index (χ3v) is 2.92. The molecule has 88 valence electrons. The number of nitrogens with zero attached hydrogens (tertiary/aromatic N) is 4. The van der Waals surface area contributed by atoms with Gasteiger partial charge in [-0.25, -0.2) is 0 Å². The van der Waals surface area contributed by atoms with Crippen molar-refractivity contribution < 1.29 is 9.90 Å². The van der Waals surface area contributed by atoms with E-state index in [0.717, 1.165) is 0 Å². The molecule has 1 aromatic heterocycles. The Morgan fingerprint density at radius 3 is 2.76 bits per heavy atom. The topological polar surface area (TPSA) is 70.7 Å². The van der Waals surface area contributed by atoms with Crippen molar-refractivity contribution in [1.82, 2.24) is 9.97 Å². The van der Waals surface area contributed by atoms with Crippen LogP contribution >= 0.6 is 0 Å². The summed E-state index contributed by atoms with van der Waals surface area (Å²) in [5.74, 6) is 0.0350. The van der Waals surface area contributed by atoms with Gasteiger partial charge in [0.05, 0.1) is 5.92 Å². The Bertz CT molecular complexity index is 461. The number of aromatic nitrogens is 2. The zero-order valence-corrected chi connectivity index (χ0v) is 9.20. The van der Waals surface area contributed by atoms with Crippen LogP contribution in [0.3, 0.4) is 0 Å². The van der Waals surface area contributed by atoms with Crippen LogP contribution in [0.15, 0.2) is 12.4 Å². The van der Waals surface area contributed by atoms with E-state index in [-0.39, 0.29) is 5.92 Å². The van der Waals surface area contributed by atoms with E-state index in [2.05, 4.69) is 14.8 Å². The summed E-state index contributed by atoms with van der Waals surface area (Å²) in [5.41, 5.74) is 0. The average molecular weight is 232 g/mol. The first-order valence-electron chi connectivity index (χ1n) is 5.38. The highest BCUT2D eigenvalue weighted by atomic mass is 16.4. The van der Waals surface area contributed by atoms with Crippen molar-refractivity contribution in [1.29, 1.82) is 0 Å². The van der Waals surface area contributed by atoms with Crippen molar-refractivity contribution in [3.8, 4) is 0 Å². The second-order valence-electron chi connectivity index (χ2n) is 3.95. The van der Waals surface area contributed by atoms with Crippen molar-refractivity contribution in [3.63, 3.8) is 0 Å². The van der Waals surface area contributed by atoms with Crippen molar-refractivity contribution in [2.45, 2.75) is 12.8 Å². The first-order valence-corrected chi connectivity index (χ1v) is 5.38. The minimum absolute atomic E-state index is 0.256. The minimum atomic E-state index is -0.728. The molecule has 17 heavy (non-hydrogen) atoms. The van der Waals surface area contributed by atoms with Crippen molar-refractivity contribution in [3.05, 3.63) is 23.8 Å². The molecule has 6 heteroatoms. The molecule has 2 heterocycles. The molecule has 0 aromatic carbocycles. The van der Waals surface area contributed by atoms with Gasteiger partial charge < -0.3 is 14.9 Å². The molecule has 0 bridgehead atoms. The largest absolute Gasteiger partial charge is 0.481 e. The molecule has 1 aromatic rings. The van der Waals surface area contributed by atoms with E-state index in [0.29, 0.717) is 37.6 Å². The number of aliphatic carboxylic acids is 1. The highest BCUT2D eigenvalue weighted by Gasteiger charge is 2.25. The number of piperidine rings is 1. The van der Waals surface area contributed by atoms with Gasteiger partial charge in [0.15, 0.2) is 0 Å². The van der Waals surface area contributed by atoms with Crippen LogP contribution in [0.2, 0.25) is 0 Å². The van der Waals surface area contributed by atoms with E-state index >= 15 is 0 Å². The highest BCUT2D eigenvalue weighted by molar-refractivity contribution is 5.70. The molecule has 1 saturated heterocycles. The van der Waals surface area contributed by atoms with Crippen molar-refractivity contribution in [2.75, 3.05) is 18.0 Å². The Hall–Kier alpha value is -2.16. The highest BCUT2D eigenvalue weighted by Crippen LogP contribution is 2.23. The standard InChI is InChI=1S/C11H12N4O2/c1-12-9-6-10(14-7-13-9)15-4-2-8(3-5-15)11(16)17/h6-8H,2-5H2,(H,16,17). The fraction of sp³-hybridized carbons (Fsp3) is 0.455. The van der Waals surface area contributed by atoms with E-state index in [1.54, 1.807) is 6.07 Å². The maximum absolute atomic E-state index is 10.8. The summed E-state index contributed by atoms with van der Waals surface area (Å²) in [6.45, 7) is 8.20. The second-order valence-corrected chi connectivity index (χ2v) is 3.95. The SMILES string of the molecule is [C-]#[N+]c1cc(N2CCC(C(=O)O)CC2)ncn1. The molecule has 0 radical (unpaired) electrons. The maximum atomic E-state index is 10.8. The molecular formula is C11H12N4O2. The number of carboxylic acids is 1. The Morgan fingerprint density at radius 1 is 1.47 bits per heavy atom. The summed E-state index contributed by atoms with van der Waals surface area (Å²) in [6.07, 6.45) is 2.60. The summed E-state index contributed by atoms with van der Waals surface area (Å²) in [7, 11) is 0. The van der Waals surface area contributed by atoms with Gasteiger partial charge in [0.1, 0.15) is 5.82 Å². The summed E-state index contributed by atoms with van der Waals surface area (Å²) < 4.78 is 0. The van der Waals surface area contributed by atoms with Crippen LogP contribution in [-0.2, 0) is 4.79 Å². The third kappa shape index (κ3) is 2.50. The first kappa shape index (κ1) is 11.3. The number of hydrogen-bond donors (Lipinski definition) is 1. The molecule has 0 unspecified atom stereocenters. The predicted octanol–water partition coefficient (Wildman–Crippen LogP) is 1.33. The van der Waals surface area contributed by atoms with Gasteiger partial charge in [-0.2, -0.15) is 4.98 Å². The molecule has 1 N–H and O–H groups in total. The van der Waals surface area contributed by atoms with Crippen LogP contribution in [0.5, 0.6) is 0 Å². The van der Waals surface area contributed by atoms with Gasteiger partial charge in [-0.3, -0.25) is 4.79 Å². The summed E-state index contributed by atoms with van der Waals surface area (Å²) in [4.78, 5) is 24.0. The smallest absolute Gasteiger partial charge is 0.306 e. The van der Waals surface area contributed by atoms with Crippen LogP contribution < -0.4 is 4.90 Å². The lowest BCUT2D eigenvalue weighted by molar-refractivity contribution is -0.142. The Labute approximate surface area is 98.7 Å². The van der Waals surface area contributed by atoms with Gasteiger partial charge in [0, 0.05) is 19.2 Å². The quantitative estimate of drug-likeness (QED) is 0.779. The van der Waals surface area contributed by atoms with Gasteiger partial charge in [-0.15, -0.1) is 4.98 Å². The second kappa shape index (κ2) is 4.78. The van der Waals surface area contributed by atoms with Crippen LogP contribution in [0.1, 0.15) is 12.8 Å². The predicted molar refractivity (Wildman–Crippen MR) is 60.9 cm³/mol. The molecule has 6 nitrogen and oxygen atoms in total. The van der Waals surface area contributed by atoms with Crippen LogP contribution in [0.4, 0.5) is 11.6 Å². The number of hydrogen-bond acceptors (Lipinski definition) is 4. The minimum Gasteiger partial charge on any atom is -0.481 e. The van der Waals surface area contributed by atoms with E-state index in [1.165, 1.54) is 6.33 Å². The molecule has 0 saturated carbocycles. The fourth-order valence-electron chi connectivity index (χ4n) is 1.93. The van der Waals surface area contributed by atoms with Gasteiger partial charge in [0.2, 0.25) is 6.33 Å². The van der Waals surface area contributed by atoms with Crippen LogP contribution in [0, 0.1) is 12.5 Å². The number of anilines is 1. The molecule has 0 atom stereocenters. The van der Waals surface area contributed by atoms with Gasteiger partial charge >= 0.3 is 5.97 Å². The zero-order valence-electron chi connectivity index (χ0n) is 9.20. The molecule has 1 fully saturated rings. The lowest BCUT2D eigenvalue weighted by Crippen LogP contribution is -2.36. The molecule has 0 spiro atoms. The van der Waals surface area contributed by atoms with Gasteiger partial charge in [-0.1, -0.05) is 6.57 Å². The van der Waals surface area contributed by atoms with E-state index in [4.69, 9.17) is 11.7 Å². The molecular weight excluding hydrogens is 220 g/mol. The lowest BCUT2D eigenvalue weighted by Gasteiger charge is -2.30. The first-order chi connectivity index (χ1) is 8.20. The molecule has 2 rings (SSSR count). The molecule has 0 amide bonds. The summed E-state index contributed by atoms with van der Waals surface area (Å²) >= 11 is 0. The summed E-state index contributed by atoms with van der Waals surface area (Å²) in [5, 5.41) is 8.89. The monoisotopic (exact) mass is 232 g/mol. The lowest BCUT2D eigenvalue weighted by atomic mass is 9.97. The van der Waals surface area contributed by atoms with Crippen LogP contribution in [0.25, 0.3) is 4.85 Å². The van der Waals surface area contributed by atoms with E-state index in [1.807, 2.05) is 4.90 Å². The van der Waals surface area contributed by atoms with Crippen LogP contribution in [-0.4, -0.2) is 34.1 Å². The summed E-state index contributed by atoms with van der Waals surface area (Å²) in [6, 6.07) is 1.63. The van der Waals surface area contributed by atoms with Gasteiger partial charge in [-0.05, 0) is 12.8 Å². The zero-order chi connectivity index (χ0) is 12.3. The number of rotatable bonds is 2. The Kier molecular flexibility index (Phi) is 3.19. The average Bonchev–Trinajstić information content (AvgIpc) is 2.39. The van der Waals surface area contributed by atoms with Crippen molar-refractivity contribution >= 4 is 17.6 Å². The molecule has 0 aliphatic carbocycles. The van der Waals surface area contributed by atoms with E-state index in [9.17, 15) is 4.79 Å². The number of carboxylic acid groups (broad SMARTS) is 1. The van der Waals surface area contributed by atoms with Crippen molar-refractivity contribution in [2.24, 2.45) is 5.92 Å². The number of carbonyl (C=O) groups is 1. The van der Waals surface area contributed by atoms with E-state index < -0.39 is 5.97 Å². The van der Waals surface area contributed by atoms with Gasteiger partial charge in [0.25, 0.3) is 5.82 Å². The molecule has 1 aliphatic rings. The maximum Gasteiger partial charge on any atom is 0.306 e. The fourth-order valence-corrected chi connectivity index (χ4v) is 1.93. The normalized spacial score (nSPS) is 16.5. The Morgan fingerprint density at radius 2 is 2.18 bits per heavy atom. The molecule has 1 aliphatic heterocycles. The third-order valence-electron chi connectivity index (χ3n) is 2.92.